The van der Waals surface area contributed by atoms with Crippen molar-refractivity contribution in [2.75, 3.05) is 5.32 Å². The van der Waals surface area contributed by atoms with Gasteiger partial charge in [-0.15, -0.1) is 0 Å². The van der Waals surface area contributed by atoms with E-state index in [1.54, 1.807) is 16.8 Å². The molecule has 4 aromatic rings. The molecule has 2 aliphatic rings. The molecule has 1 aromatic carbocycles. The maximum absolute atomic E-state index is 11.5. The predicted octanol–water partition coefficient (Wildman–Crippen LogP) is 1.55. The molecule has 0 radical (unpaired) electrons. The van der Waals surface area contributed by atoms with Crippen molar-refractivity contribution in [3.63, 3.8) is 0 Å². The molecule has 0 amide bonds. The number of aromatic nitrogens is 5. The topological polar surface area (TPSA) is 123 Å². The lowest BCUT2D eigenvalue weighted by atomic mass is 9.88. The summed E-state index contributed by atoms with van der Waals surface area (Å²) >= 11 is 0. The van der Waals surface area contributed by atoms with Crippen LogP contribution in [0.2, 0.25) is 0 Å². The maximum Gasteiger partial charge on any atom is 0.326 e. The van der Waals surface area contributed by atoms with E-state index in [2.05, 4.69) is 44.6 Å². The van der Waals surface area contributed by atoms with Crippen LogP contribution in [0.3, 0.4) is 0 Å². The first-order valence-electron chi connectivity index (χ1n) is 10.9. The number of nitrogens with zero attached hydrogens (tertiary/aromatic N) is 4. The van der Waals surface area contributed by atoms with E-state index in [4.69, 9.17) is 9.98 Å². The molecule has 1 atom stereocenters. The maximum atomic E-state index is 11.5. The zero-order chi connectivity index (χ0) is 21.7. The molecule has 4 N–H and O–H groups in total. The van der Waals surface area contributed by atoms with E-state index >= 15 is 0 Å². The molecule has 32 heavy (non-hydrogen) atoms. The van der Waals surface area contributed by atoms with Gasteiger partial charge in [-0.2, -0.15) is 9.61 Å². The summed E-state index contributed by atoms with van der Waals surface area (Å²) in [6, 6.07) is 11.0. The van der Waals surface area contributed by atoms with Gasteiger partial charge in [0, 0.05) is 11.3 Å². The second-order valence-corrected chi connectivity index (χ2v) is 8.47. The Balaban J connectivity index is 1.48. The van der Waals surface area contributed by atoms with Gasteiger partial charge in [0.05, 0.1) is 18.3 Å². The predicted molar refractivity (Wildman–Crippen MR) is 119 cm³/mol. The fourth-order valence-electron chi connectivity index (χ4n) is 4.35. The fraction of sp³-hybridized carbons (Fsp3) is 0.304. The van der Waals surface area contributed by atoms with E-state index in [0.29, 0.717) is 16.9 Å². The third kappa shape index (κ3) is 3.45. The Morgan fingerprint density at radius 2 is 2.09 bits per heavy atom. The van der Waals surface area contributed by atoms with E-state index in [9.17, 15) is 9.90 Å². The largest absolute Gasteiger partial charge is 0.493 e. The summed E-state index contributed by atoms with van der Waals surface area (Å²) in [5.41, 5.74) is 3.87. The van der Waals surface area contributed by atoms with Crippen molar-refractivity contribution >= 4 is 17.5 Å². The van der Waals surface area contributed by atoms with E-state index in [1.807, 2.05) is 6.07 Å². The second-order valence-electron chi connectivity index (χ2n) is 8.47. The minimum Gasteiger partial charge on any atom is -0.493 e. The number of anilines is 1. The van der Waals surface area contributed by atoms with Gasteiger partial charge in [0.25, 0.3) is 0 Å². The summed E-state index contributed by atoms with van der Waals surface area (Å²) in [6.45, 7) is 0. The van der Waals surface area contributed by atoms with Crippen molar-refractivity contribution < 1.29 is 5.11 Å². The van der Waals surface area contributed by atoms with Gasteiger partial charge >= 0.3 is 5.69 Å². The van der Waals surface area contributed by atoms with Crippen LogP contribution in [0, 0.1) is 0 Å². The Morgan fingerprint density at radius 3 is 2.91 bits per heavy atom. The number of H-pyrrole nitrogens is 2. The molecule has 6 rings (SSSR count). The molecule has 0 bridgehead atoms. The van der Waals surface area contributed by atoms with Crippen LogP contribution in [0.4, 0.5) is 5.82 Å². The third-order valence-electron chi connectivity index (χ3n) is 6.07. The normalized spacial score (nSPS) is 19.4. The summed E-state index contributed by atoms with van der Waals surface area (Å²) in [5.74, 6) is 0.519. The Kier molecular flexibility index (Phi) is 4.34. The zero-order valence-electron chi connectivity index (χ0n) is 17.4. The number of hydrogen-bond acceptors (Lipinski definition) is 6. The van der Waals surface area contributed by atoms with Gasteiger partial charge in [-0.3, -0.25) is 9.98 Å². The highest BCUT2D eigenvalue weighted by Gasteiger charge is 2.22. The molecule has 3 heterocycles. The summed E-state index contributed by atoms with van der Waals surface area (Å²) in [4.78, 5) is 26.1. The third-order valence-corrected chi connectivity index (χ3v) is 6.07. The average Bonchev–Trinajstić information content (AvgIpc) is 3.42. The lowest BCUT2D eigenvalue weighted by Crippen LogP contribution is -2.23. The smallest absolute Gasteiger partial charge is 0.326 e. The minimum absolute atomic E-state index is 0.184. The number of hydrogen-bond donors (Lipinski definition) is 4. The summed E-state index contributed by atoms with van der Waals surface area (Å²) in [7, 11) is 0. The van der Waals surface area contributed by atoms with Gasteiger partial charge in [-0.05, 0) is 49.3 Å². The van der Waals surface area contributed by atoms with E-state index in [-0.39, 0.29) is 17.6 Å². The van der Waals surface area contributed by atoms with Gasteiger partial charge in [-0.1, -0.05) is 24.3 Å². The van der Waals surface area contributed by atoms with Gasteiger partial charge in [0.2, 0.25) is 5.88 Å². The number of imidazole rings is 1. The molecule has 9 heteroatoms. The highest BCUT2D eigenvalue weighted by Crippen LogP contribution is 2.31. The SMILES string of the molecule is O=c1[nH]c(O)c(/C=c2/cnn3c(=NC4CC4)cc(NC4CCCc5ccccc54)nc23)[nH]1. The Morgan fingerprint density at radius 1 is 1.22 bits per heavy atom. The first-order chi connectivity index (χ1) is 15.6. The summed E-state index contributed by atoms with van der Waals surface area (Å²) in [6.07, 6.45) is 8.76. The quantitative estimate of drug-likeness (QED) is 0.392. The number of aromatic hydroxyl groups is 1. The van der Waals surface area contributed by atoms with Crippen molar-refractivity contribution in [1.82, 2.24) is 24.6 Å². The Bertz CT molecular complexity index is 1490. The molecule has 1 unspecified atom stereocenters. The van der Waals surface area contributed by atoms with Crippen molar-refractivity contribution in [2.45, 2.75) is 44.2 Å². The first-order valence-corrected chi connectivity index (χ1v) is 10.9. The molecule has 9 nitrogen and oxygen atoms in total. The summed E-state index contributed by atoms with van der Waals surface area (Å²) < 4.78 is 1.71. The Labute approximate surface area is 182 Å². The number of benzene rings is 1. The van der Waals surface area contributed by atoms with E-state index < -0.39 is 5.69 Å². The zero-order valence-corrected chi connectivity index (χ0v) is 17.4. The molecule has 0 aliphatic heterocycles. The second kappa shape index (κ2) is 7.37. The molecular weight excluding hydrogens is 406 g/mol. The van der Waals surface area contributed by atoms with Gasteiger partial charge in [0.15, 0.2) is 11.1 Å². The van der Waals surface area contributed by atoms with Crippen LogP contribution in [0.5, 0.6) is 5.88 Å². The average molecular weight is 429 g/mol. The fourth-order valence-corrected chi connectivity index (χ4v) is 4.35. The van der Waals surface area contributed by atoms with Crippen LogP contribution in [-0.2, 0) is 6.42 Å². The van der Waals surface area contributed by atoms with Crippen LogP contribution in [0.25, 0.3) is 11.7 Å². The standard InChI is InChI=1S/C23H23N7O2/c31-22-18(27-23(32)29-22)10-14-12-24-30-20(25-15-8-9-15)11-19(28-21(14)30)26-17-7-3-5-13-4-1-2-6-16(13)17/h1-2,4,6,10-12,15,17,26,31H,3,5,7-9H2,(H2,27,29,32)/b14-10-,25-20?. The van der Waals surface area contributed by atoms with Gasteiger partial charge in [0.1, 0.15) is 11.5 Å². The monoisotopic (exact) mass is 429 g/mol. The number of rotatable bonds is 4. The van der Waals surface area contributed by atoms with Crippen LogP contribution in [-0.4, -0.2) is 35.7 Å². The lowest BCUT2D eigenvalue weighted by Gasteiger charge is -2.26. The van der Waals surface area contributed by atoms with Crippen molar-refractivity contribution in [1.29, 1.82) is 0 Å². The molecular formula is C23H23N7O2. The molecule has 1 saturated carbocycles. The number of aryl methyl sites for hydroxylation is 1. The number of aromatic amines is 2. The molecule has 162 valence electrons. The van der Waals surface area contributed by atoms with Crippen molar-refractivity contribution in [3.05, 3.63) is 74.5 Å². The van der Waals surface area contributed by atoms with E-state index in [1.165, 1.54) is 11.1 Å². The van der Waals surface area contributed by atoms with Crippen LogP contribution < -0.4 is 21.7 Å². The lowest BCUT2D eigenvalue weighted by molar-refractivity contribution is 0.454. The van der Waals surface area contributed by atoms with Crippen LogP contribution >= 0.6 is 0 Å². The number of fused-ring (bicyclic) bond motifs is 2. The minimum atomic E-state index is -0.471. The number of nitrogens with one attached hydrogen (secondary N) is 3. The Hall–Kier alpha value is -3.88. The molecule has 2 aliphatic carbocycles. The summed E-state index contributed by atoms with van der Waals surface area (Å²) in [5, 5.41) is 18.7. The van der Waals surface area contributed by atoms with Gasteiger partial charge < -0.3 is 15.4 Å². The highest BCUT2D eigenvalue weighted by atomic mass is 16.3. The molecule has 1 fully saturated rings. The molecule has 0 saturated heterocycles. The van der Waals surface area contributed by atoms with Gasteiger partial charge in [-0.25, -0.2) is 9.78 Å². The molecule has 0 spiro atoms. The highest BCUT2D eigenvalue weighted by molar-refractivity contribution is 5.58. The van der Waals surface area contributed by atoms with Crippen LogP contribution in [0.1, 0.15) is 48.5 Å². The van der Waals surface area contributed by atoms with Crippen LogP contribution in [0.15, 0.2) is 46.3 Å². The van der Waals surface area contributed by atoms with E-state index in [0.717, 1.165) is 43.4 Å². The van der Waals surface area contributed by atoms with Crippen molar-refractivity contribution in [2.24, 2.45) is 4.99 Å². The van der Waals surface area contributed by atoms with Crippen molar-refractivity contribution in [3.8, 4) is 5.88 Å². The first kappa shape index (κ1) is 18.9. The molecule has 3 aromatic heterocycles.